The fourth-order valence-corrected chi connectivity index (χ4v) is 5.66. The highest BCUT2D eigenvalue weighted by molar-refractivity contribution is 5.24. The van der Waals surface area contributed by atoms with Crippen LogP contribution in [0.3, 0.4) is 0 Å². The third kappa shape index (κ3) is 4.77. The molecule has 1 aromatic rings. The minimum atomic E-state index is -2.21. The fourth-order valence-electron chi connectivity index (χ4n) is 5.66. The molecule has 0 bridgehead atoms. The number of ether oxygens (including phenoxy) is 3. The minimum Gasteiger partial charge on any atom is -0.390 e. The molecule has 3 aliphatic rings. The first-order valence-corrected chi connectivity index (χ1v) is 12.5. The second-order valence-electron chi connectivity index (χ2n) is 10.5. The molecule has 10 atom stereocenters. The molecule has 198 valence electrons. The lowest BCUT2D eigenvalue weighted by molar-refractivity contribution is -0.482. The molecule has 2 saturated heterocycles. The predicted molar refractivity (Wildman–Crippen MR) is 129 cm³/mol. The molecule has 1 saturated carbocycles. The van der Waals surface area contributed by atoms with Gasteiger partial charge in [-0.05, 0) is 38.1 Å². The number of likely N-dealkylation sites (N-methyl/N-ethyl adjacent to an activating group) is 2. The Labute approximate surface area is 207 Å². The van der Waals surface area contributed by atoms with Gasteiger partial charge in [0.2, 0.25) is 12.1 Å². The van der Waals surface area contributed by atoms with Crippen molar-refractivity contribution in [2.45, 2.75) is 99.9 Å². The number of rotatable bonds is 7. The first-order valence-electron chi connectivity index (χ1n) is 12.5. The molecule has 0 amide bonds. The Balaban J connectivity index is 1.53. The van der Waals surface area contributed by atoms with Gasteiger partial charge in [-0.1, -0.05) is 38.1 Å². The molecule has 2 heterocycles. The summed E-state index contributed by atoms with van der Waals surface area (Å²) in [5.74, 6) is -1.77. The molecule has 0 spiro atoms. The molecule has 4 rings (SSSR count). The first kappa shape index (κ1) is 26.9. The van der Waals surface area contributed by atoms with Gasteiger partial charge in [0.05, 0.1) is 24.3 Å². The smallest absolute Gasteiger partial charge is 0.249 e. The molecule has 10 unspecified atom stereocenters. The topological polar surface area (TPSA) is 145 Å². The van der Waals surface area contributed by atoms with E-state index in [4.69, 9.17) is 14.2 Å². The Kier molecular flexibility index (Phi) is 7.90. The van der Waals surface area contributed by atoms with Crippen molar-refractivity contribution in [1.82, 2.24) is 16.0 Å². The van der Waals surface area contributed by atoms with Gasteiger partial charge in [0.25, 0.3) is 0 Å². The molecule has 1 aliphatic carbocycles. The van der Waals surface area contributed by atoms with Crippen LogP contribution in [0, 0.1) is 0 Å². The maximum absolute atomic E-state index is 11.7. The van der Waals surface area contributed by atoms with Crippen LogP contribution in [0.2, 0.25) is 0 Å². The van der Waals surface area contributed by atoms with E-state index in [0.717, 1.165) is 5.56 Å². The summed E-state index contributed by atoms with van der Waals surface area (Å²) in [4.78, 5) is 0. The molecule has 7 N–H and O–H groups in total. The number of aliphatic hydroxyl groups excluding tert-OH is 2. The van der Waals surface area contributed by atoms with Crippen LogP contribution in [-0.2, 0) is 20.8 Å². The quantitative estimate of drug-likeness (QED) is 0.255. The van der Waals surface area contributed by atoms with Crippen LogP contribution in [0.4, 0.5) is 0 Å². The Morgan fingerprint density at radius 1 is 0.971 bits per heavy atom. The lowest BCUT2D eigenvalue weighted by Crippen LogP contribution is -2.81. The summed E-state index contributed by atoms with van der Waals surface area (Å²) in [7, 11) is 3.30. The molecule has 2 aliphatic heterocycles. The van der Waals surface area contributed by atoms with Crippen molar-refractivity contribution in [1.29, 1.82) is 0 Å². The zero-order valence-electron chi connectivity index (χ0n) is 21.1. The highest BCUT2D eigenvalue weighted by atomic mass is 16.8. The van der Waals surface area contributed by atoms with E-state index in [1.165, 1.54) is 5.56 Å². The van der Waals surface area contributed by atoms with E-state index in [9.17, 15) is 20.4 Å². The molecule has 10 heteroatoms. The van der Waals surface area contributed by atoms with Crippen molar-refractivity contribution in [3.05, 3.63) is 35.4 Å². The Hall–Kier alpha value is -1.18. The normalized spacial score (nSPS) is 43.6. The third-order valence-corrected chi connectivity index (χ3v) is 7.74. The van der Waals surface area contributed by atoms with Crippen LogP contribution in [0.25, 0.3) is 0 Å². The Morgan fingerprint density at radius 3 is 2.23 bits per heavy atom. The van der Waals surface area contributed by atoms with Crippen molar-refractivity contribution in [3.8, 4) is 0 Å². The Morgan fingerprint density at radius 2 is 1.63 bits per heavy atom. The zero-order valence-corrected chi connectivity index (χ0v) is 21.1. The lowest BCUT2D eigenvalue weighted by Gasteiger charge is -2.60. The van der Waals surface area contributed by atoms with Crippen molar-refractivity contribution in [2.75, 3.05) is 20.6 Å². The van der Waals surface area contributed by atoms with Gasteiger partial charge in [-0.15, -0.1) is 0 Å². The van der Waals surface area contributed by atoms with E-state index in [1.54, 1.807) is 21.0 Å². The van der Waals surface area contributed by atoms with Crippen LogP contribution in [0.1, 0.15) is 44.2 Å². The average molecular weight is 496 g/mol. The van der Waals surface area contributed by atoms with E-state index in [1.807, 2.05) is 12.1 Å². The second kappa shape index (κ2) is 10.3. The summed E-state index contributed by atoms with van der Waals surface area (Å²) in [5, 5.41) is 54.3. The Bertz CT molecular complexity index is 858. The van der Waals surface area contributed by atoms with Crippen molar-refractivity contribution >= 4 is 0 Å². The van der Waals surface area contributed by atoms with Gasteiger partial charge < -0.3 is 50.6 Å². The molecular weight excluding hydrogens is 454 g/mol. The van der Waals surface area contributed by atoms with Crippen molar-refractivity contribution in [3.63, 3.8) is 0 Å². The van der Waals surface area contributed by atoms with Crippen LogP contribution in [-0.4, -0.2) is 101 Å². The second-order valence-corrected chi connectivity index (χ2v) is 10.5. The number of hydrogen-bond donors (Lipinski definition) is 7. The largest absolute Gasteiger partial charge is 0.390 e. The van der Waals surface area contributed by atoms with E-state index < -0.39 is 60.3 Å². The van der Waals surface area contributed by atoms with Gasteiger partial charge in [-0.25, -0.2) is 0 Å². The summed E-state index contributed by atoms with van der Waals surface area (Å²) >= 11 is 0. The van der Waals surface area contributed by atoms with E-state index >= 15 is 0 Å². The summed E-state index contributed by atoms with van der Waals surface area (Å²) in [6.07, 6.45) is -5.59. The number of hydrogen-bond acceptors (Lipinski definition) is 10. The van der Waals surface area contributed by atoms with Crippen LogP contribution < -0.4 is 16.0 Å². The average Bonchev–Trinajstić information content (AvgIpc) is 2.80. The van der Waals surface area contributed by atoms with E-state index in [2.05, 4.69) is 41.9 Å². The maximum atomic E-state index is 11.7. The number of benzene rings is 1. The predicted octanol–water partition coefficient (Wildman–Crippen LogP) is -0.850. The van der Waals surface area contributed by atoms with Crippen LogP contribution in [0.5, 0.6) is 0 Å². The highest BCUT2D eigenvalue weighted by Crippen LogP contribution is 2.46. The van der Waals surface area contributed by atoms with Gasteiger partial charge in [0.15, 0.2) is 0 Å². The molecule has 0 radical (unpaired) electrons. The third-order valence-electron chi connectivity index (χ3n) is 7.74. The maximum Gasteiger partial charge on any atom is 0.249 e. The fraction of sp³-hybridized carbons (Fsp3) is 0.760. The van der Waals surface area contributed by atoms with E-state index in [-0.39, 0.29) is 13.0 Å². The highest BCUT2D eigenvalue weighted by Gasteiger charge is 2.68. The lowest BCUT2D eigenvalue weighted by atomic mass is 9.77. The van der Waals surface area contributed by atoms with Gasteiger partial charge in [0.1, 0.15) is 23.9 Å². The number of nitrogens with one attached hydrogen (secondary N) is 3. The monoisotopic (exact) mass is 495 g/mol. The standard InChI is InChI=1S/C25H41N3O7/c1-13(2)16-8-6-15(7-9-16)11-28-12-24(31)10-14(3)33-23-25(24,32)35-21-18(27-5)19(29)17(26-4)20(30)22(21)34-23/h6-9,13-14,17-23,26-32H,10-12H2,1-5H3. The summed E-state index contributed by atoms with van der Waals surface area (Å²) in [5.41, 5.74) is 0.558. The summed E-state index contributed by atoms with van der Waals surface area (Å²) in [6, 6.07) is 6.92. The van der Waals surface area contributed by atoms with Gasteiger partial charge in [-0.3, -0.25) is 0 Å². The summed E-state index contributed by atoms with van der Waals surface area (Å²) in [6.45, 7) is 6.59. The molecular formula is C25H41N3O7. The minimum absolute atomic E-state index is 0.0227. The van der Waals surface area contributed by atoms with Gasteiger partial charge >= 0.3 is 0 Å². The zero-order chi connectivity index (χ0) is 25.5. The van der Waals surface area contributed by atoms with Crippen LogP contribution >= 0.6 is 0 Å². The van der Waals surface area contributed by atoms with Crippen molar-refractivity contribution < 1.29 is 34.6 Å². The molecule has 35 heavy (non-hydrogen) atoms. The summed E-state index contributed by atoms with van der Waals surface area (Å²) < 4.78 is 18.0. The first-order chi connectivity index (χ1) is 16.5. The van der Waals surface area contributed by atoms with Gasteiger partial charge in [0, 0.05) is 19.5 Å². The van der Waals surface area contributed by atoms with Crippen molar-refractivity contribution in [2.24, 2.45) is 0 Å². The van der Waals surface area contributed by atoms with E-state index in [0.29, 0.717) is 12.5 Å². The molecule has 10 nitrogen and oxygen atoms in total. The SMILES string of the molecule is CNC1C(O)C(NC)C2OC3(O)C(OC(C)CC3(O)CNCc3ccc(C(C)C)cc3)OC2C1O. The number of aliphatic hydroxyl groups is 4. The van der Waals surface area contributed by atoms with Crippen LogP contribution in [0.15, 0.2) is 24.3 Å². The molecule has 0 aromatic heterocycles. The number of fused-ring (bicyclic) bond motifs is 2. The van der Waals surface area contributed by atoms with Gasteiger partial charge in [-0.2, -0.15) is 0 Å². The molecule has 1 aromatic carbocycles. The molecule has 3 fully saturated rings.